The number of aliphatic imine (C=N–C) groups is 1. The summed E-state index contributed by atoms with van der Waals surface area (Å²) in [7, 11) is 1.68. The van der Waals surface area contributed by atoms with Crippen molar-refractivity contribution < 1.29 is 13.6 Å². The number of nitrogens with one attached hydrogen (secondary N) is 2. The average Bonchev–Trinajstić information content (AvgIpc) is 3.08. The molecule has 2 unspecified atom stereocenters. The van der Waals surface area contributed by atoms with Crippen LogP contribution in [0.15, 0.2) is 23.2 Å². The van der Waals surface area contributed by atoms with Gasteiger partial charge in [-0.15, -0.1) is 24.0 Å². The Hall–Kier alpha value is -1.45. The normalized spacial score (nSPS) is 18.3. The van der Waals surface area contributed by atoms with Crippen LogP contribution in [-0.4, -0.2) is 49.5 Å². The number of hydrogen-bond acceptors (Lipinski definition) is 2. The third-order valence-corrected chi connectivity index (χ3v) is 4.65. The van der Waals surface area contributed by atoms with Gasteiger partial charge in [-0.1, -0.05) is 26.8 Å². The molecular weight excluding hydrogens is 465 g/mol. The van der Waals surface area contributed by atoms with E-state index in [1.54, 1.807) is 13.1 Å². The van der Waals surface area contributed by atoms with Crippen LogP contribution < -0.4 is 10.6 Å². The van der Waals surface area contributed by atoms with E-state index in [1.807, 2.05) is 25.7 Å². The quantitative estimate of drug-likeness (QED) is 0.376. The van der Waals surface area contributed by atoms with Crippen molar-refractivity contribution in [2.45, 2.75) is 39.2 Å². The molecule has 152 valence electrons. The lowest BCUT2D eigenvalue weighted by molar-refractivity contribution is -0.133. The fourth-order valence-corrected chi connectivity index (χ4v) is 3.02. The Labute approximate surface area is 177 Å². The van der Waals surface area contributed by atoms with Crippen LogP contribution in [0.3, 0.4) is 0 Å². The largest absolute Gasteiger partial charge is 0.356 e. The maximum absolute atomic E-state index is 13.4. The Kier molecular flexibility index (Phi) is 9.41. The first-order valence-electron chi connectivity index (χ1n) is 9.02. The molecule has 1 aliphatic heterocycles. The van der Waals surface area contributed by atoms with Gasteiger partial charge in [-0.3, -0.25) is 9.79 Å². The Bertz CT molecular complexity index is 669. The molecule has 1 aliphatic rings. The summed E-state index contributed by atoms with van der Waals surface area (Å²) in [5, 5.41) is 6.54. The highest BCUT2D eigenvalue weighted by Gasteiger charge is 2.28. The molecule has 2 rings (SSSR count). The van der Waals surface area contributed by atoms with Gasteiger partial charge in [0.2, 0.25) is 5.91 Å². The van der Waals surface area contributed by atoms with E-state index >= 15 is 0 Å². The van der Waals surface area contributed by atoms with Gasteiger partial charge in [0.1, 0.15) is 0 Å². The molecule has 0 saturated carbocycles. The first kappa shape index (κ1) is 23.6. The molecule has 0 radical (unpaired) electrons. The molecule has 8 heteroatoms. The molecule has 1 heterocycles. The minimum Gasteiger partial charge on any atom is -0.356 e. The molecule has 0 aromatic heterocycles. The second-order valence-electron chi connectivity index (χ2n) is 7.10. The molecule has 1 fully saturated rings. The molecule has 1 aromatic rings. The Balaban J connectivity index is 0.00000364. The highest BCUT2D eigenvalue weighted by atomic mass is 127. The summed E-state index contributed by atoms with van der Waals surface area (Å²) in [6.45, 7) is 7.69. The molecule has 27 heavy (non-hydrogen) atoms. The zero-order valence-corrected chi connectivity index (χ0v) is 18.6. The summed E-state index contributed by atoms with van der Waals surface area (Å²) < 4.78 is 26.4. The summed E-state index contributed by atoms with van der Waals surface area (Å²) >= 11 is 0. The van der Waals surface area contributed by atoms with Gasteiger partial charge in [0.25, 0.3) is 0 Å². The Morgan fingerprint density at radius 3 is 2.59 bits per heavy atom. The topological polar surface area (TPSA) is 56.7 Å². The summed E-state index contributed by atoms with van der Waals surface area (Å²) in [6, 6.07) is 4.12. The molecule has 0 aliphatic carbocycles. The van der Waals surface area contributed by atoms with E-state index in [0.29, 0.717) is 19.0 Å². The molecule has 0 bridgehead atoms. The van der Waals surface area contributed by atoms with Crippen LogP contribution in [0, 0.1) is 17.6 Å². The fourth-order valence-electron chi connectivity index (χ4n) is 3.02. The van der Waals surface area contributed by atoms with Crippen molar-refractivity contribution in [3.05, 3.63) is 35.4 Å². The number of hydrogen-bond donors (Lipinski definition) is 2. The van der Waals surface area contributed by atoms with Gasteiger partial charge in [-0.05, 0) is 30.0 Å². The van der Waals surface area contributed by atoms with E-state index in [9.17, 15) is 13.6 Å². The number of carbonyl (C=O) groups is 1. The highest BCUT2D eigenvalue weighted by molar-refractivity contribution is 14.0. The first-order valence-corrected chi connectivity index (χ1v) is 9.02. The smallest absolute Gasteiger partial charge is 0.225 e. The van der Waals surface area contributed by atoms with Crippen LogP contribution in [0.1, 0.15) is 38.7 Å². The summed E-state index contributed by atoms with van der Waals surface area (Å²) in [4.78, 5) is 18.1. The number of nitrogens with zero attached hydrogens (tertiary/aromatic N) is 2. The van der Waals surface area contributed by atoms with Gasteiger partial charge in [0.15, 0.2) is 17.6 Å². The number of carbonyl (C=O) groups excluding carboxylic acids is 1. The number of likely N-dealkylation sites (tertiary alicyclic amines) is 1. The van der Waals surface area contributed by atoms with E-state index in [2.05, 4.69) is 15.6 Å². The van der Waals surface area contributed by atoms with E-state index in [4.69, 9.17) is 0 Å². The second kappa shape index (κ2) is 10.8. The molecule has 5 nitrogen and oxygen atoms in total. The Morgan fingerprint density at radius 2 is 2.00 bits per heavy atom. The summed E-state index contributed by atoms with van der Waals surface area (Å²) in [6.07, 6.45) is 0.873. The van der Waals surface area contributed by atoms with Gasteiger partial charge in [0, 0.05) is 38.6 Å². The molecule has 0 spiro atoms. The lowest BCUT2D eigenvalue weighted by atomic mass is 10.0. The summed E-state index contributed by atoms with van der Waals surface area (Å²) in [5.74, 6) is -0.868. The van der Waals surface area contributed by atoms with E-state index < -0.39 is 11.6 Å². The van der Waals surface area contributed by atoms with Crippen molar-refractivity contribution in [2.24, 2.45) is 10.9 Å². The van der Waals surface area contributed by atoms with E-state index in [1.165, 1.54) is 6.07 Å². The third-order valence-electron chi connectivity index (χ3n) is 4.65. The molecule has 2 N–H and O–H groups in total. The maximum Gasteiger partial charge on any atom is 0.225 e. The van der Waals surface area contributed by atoms with Crippen LogP contribution in [0.4, 0.5) is 8.78 Å². The predicted molar refractivity (Wildman–Crippen MR) is 115 cm³/mol. The van der Waals surface area contributed by atoms with Gasteiger partial charge in [0.05, 0.1) is 0 Å². The molecule has 2 atom stereocenters. The minimum atomic E-state index is -0.840. The average molecular weight is 494 g/mol. The van der Waals surface area contributed by atoms with Crippen LogP contribution in [0.25, 0.3) is 0 Å². The summed E-state index contributed by atoms with van der Waals surface area (Å²) in [5.41, 5.74) is 0.724. The highest BCUT2D eigenvalue weighted by Crippen LogP contribution is 2.17. The number of amides is 1. The minimum absolute atomic E-state index is 0. The molecule has 1 amide bonds. The predicted octanol–water partition coefficient (Wildman–Crippen LogP) is 3.11. The molecule has 1 saturated heterocycles. The third kappa shape index (κ3) is 6.58. The van der Waals surface area contributed by atoms with Crippen LogP contribution in [-0.2, 0) is 4.79 Å². The maximum atomic E-state index is 13.4. The molecule has 1 aromatic carbocycles. The lowest BCUT2D eigenvalue weighted by Gasteiger charge is -2.21. The zero-order valence-electron chi connectivity index (χ0n) is 16.3. The van der Waals surface area contributed by atoms with Crippen molar-refractivity contribution >= 4 is 35.8 Å². The standard InChI is InChI=1S/C19H28F2N4O.HI/c1-12(2)18(26)25-8-7-15(11-25)24-19(22-4)23-10-13(3)14-5-6-16(20)17(21)9-14;/h5-6,9,12-13,15H,7-8,10-11H2,1-4H3,(H2,22,23,24);1H. The number of benzene rings is 1. The monoisotopic (exact) mass is 494 g/mol. The van der Waals surface area contributed by atoms with Crippen molar-refractivity contribution in [1.29, 1.82) is 0 Å². The van der Waals surface area contributed by atoms with Crippen molar-refractivity contribution in [3.8, 4) is 0 Å². The van der Waals surface area contributed by atoms with Crippen molar-refractivity contribution in [2.75, 3.05) is 26.7 Å². The van der Waals surface area contributed by atoms with Crippen molar-refractivity contribution in [1.82, 2.24) is 15.5 Å². The van der Waals surface area contributed by atoms with E-state index in [-0.39, 0.29) is 47.8 Å². The number of guanidine groups is 1. The van der Waals surface area contributed by atoms with Crippen LogP contribution >= 0.6 is 24.0 Å². The zero-order chi connectivity index (χ0) is 19.3. The second-order valence-corrected chi connectivity index (χ2v) is 7.10. The molecular formula is C19H29F2IN4O. The van der Waals surface area contributed by atoms with Crippen LogP contribution in [0.2, 0.25) is 0 Å². The van der Waals surface area contributed by atoms with Crippen LogP contribution in [0.5, 0.6) is 0 Å². The van der Waals surface area contributed by atoms with Gasteiger partial charge >= 0.3 is 0 Å². The first-order chi connectivity index (χ1) is 12.3. The Morgan fingerprint density at radius 1 is 1.30 bits per heavy atom. The lowest BCUT2D eigenvalue weighted by Crippen LogP contribution is -2.46. The number of halogens is 3. The van der Waals surface area contributed by atoms with Gasteiger partial charge < -0.3 is 15.5 Å². The van der Waals surface area contributed by atoms with E-state index in [0.717, 1.165) is 24.6 Å². The van der Waals surface area contributed by atoms with Crippen molar-refractivity contribution in [3.63, 3.8) is 0 Å². The fraction of sp³-hybridized carbons (Fsp3) is 0.579. The number of rotatable bonds is 5. The van der Waals surface area contributed by atoms with Gasteiger partial charge in [-0.2, -0.15) is 0 Å². The SMILES string of the molecule is CN=C(NCC(C)c1ccc(F)c(F)c1)NC1CCN(C(=O)C(C)C)C1.I. The van der Waals surface area contributed by atoms with Gasteiger partial charge in [-0.25, -0.2) is 8.78 Å².